The van der Waals surface area contributed by atoms with E-state index in [2.05, 4.69) is 33.0 Å². The molecular formula is C16H33NO. The van der Waals surface area contributed by atoms with Crippen LogP contribution in [0.1, 0.15) is 66.2 Å². The smallest absolute Gasteiger partial charge is 0.0518 e. The van der Waals surface area contributed by atoms with Crippen LogP contribution in [-0.4, -0.2) is 25.3 Å². The van der Waals surface area contributed by atoms with E-state index < -0.39 is 0 Å². The second-order valence-corrected chi connectivity index (χ2v) is 6.59. The van der Waals surface area contributed by atoms with Crippen molar-refractivity contribution >= 4 is 0 Å². The van der Waals surface area contributed by atoms with Crippen molar-refractivity contribution in [1.29, 1.82) is 0 Å². The zero-order valence-corrected chi connectivity index (χ0v) is 12.9. The van der Waals surface area contributed by atoms with Gasteiger partial charge in [0.25, 0.3) is 0 Å². The Morgan fingerprint density at radius 2 is 1.94 bits per heavy atom. The quantitative estimate of drug-likeness (QED) is 0.662. The molecule has 0 saturated heterocycles. The van der Waals surface area contributed by atoms with Crippen LogP contribution in [0.2, 0.25) is 0 Å². The normalized spacial score (nSPS) is 25.0. The zero-order chi connectivity index (χ0) is 13.4. The lowest BCUT2D eigenvalue weighted by Crippen LogP contribution is -2.35. The zero-order valence-electron chi connectivity index (χ0n) is 12.9. The van der Waals surface area contributed by atoms with Crippen LogP contribution < -0.4 is 5.32 Å². The molecule has 18 heavy (non-hydrogen) atoms. The molecule has 1 fully saturated rings. The molecule has 1 aliphatic carbocycles. The van der Waals surface area contributed by atoms with Crippen LogP contribution in [0.3, 0.4) is 0 Å². The summed E-state index contributed by atoms with van der Waals surface area (Å²) in [7, 11) is 0. The van der Waals surface area contributed by atoms with Crippen molar-refractivity contribution in [2.24, 2.45) is 11.8 Å². The maximum Gasteiger partial charge on any atom is 0.0518 e. The maximum absolute atomic E-state index is 5.56. The van der Waals surface area contributed by atoms with Crippen LogP contribution in [0.25, 0.3) is 0 Å². The van der Waals surface area contributed by atoms with Gasteiger partial charge in [0.1, 0.15) is 0 Å². The van der Waals surface area contributed by atoms with E-state index in [0.29, 0.717) is 6.10 Å². The summed E-state index contributed by atoms with van der Waals surface area (Å²) in [6.45, 7) is 10.9. The lowest BCUT2D eigenvalue weighted by Gasteiger charge is -2.31. The molecule has 0 aromatic rings. The SMILES string of the molecule is CC(C)CC1CCCC(NCCCOC(C)C)C1. The molecule has 0 aromatic carbocycles. The number of rotatable bonds is 8. The van der Waals surface area contributed by atoms with Crippen molar-refractivity contribution in [2.45, 2.75) is 78.4 Å². The first-order chi connectivity index (χ1) is 8.58. The Balaban J connectivity index is 2.07. The van der Waals surface area contributed by atoms with Gasteiger partial charge in [0, 0.05) is 12.6 Å². The van der Waals surface area contributed by atoms with Gasteiger partial charge in [-0.05, 0) is 57.9 Å². The molecule has 108 valence electrons. The highest BCUT2D eigenvalue weighted by molar-refractivity contribution is 4.78. The van der Waals surface area contributed by atoms with Gasteiger partial charge in [-0.1, -0.05) is 26.7 Å². The molecule has 2 atom stereocenters. The lowest BCUT2D eigenvalue weighted by molar-refractivity contribution is 0.0762. The van der Waals surface area contributed by atoms with Crippen LogP contribution >= 0.6 is 0 Å². The van der Waals surface area contributed by atoms with E-state index in [0.717, 1.165) is 37.5 Å². The van der Waals surface area contributed by atoms with Gasteiger partial charge >= 0.3 is 0 Å². The molecule has 2 nitrogen and oxygen atoms in total. The average Bonchev–Trinajstić information content (AvgIpc) is 2.27. The first-order valence-corrected chi connectivity index (χ1v) is 7.93. The van der Waals surface area contributed by atoms with Crippen molar-refractivity contribution in [3.63, 3.8) is 0 Å². The summed E-state index contributed by atoms with van der Waals surface area (Å²) in [6.07, 6.45) is 8.56. The average molecular weight is 255 g/mol. The van der Waals surface area contributed by atoms with Crippen molar-refractivity contribution in [3.05, 3.63) is 0 Å². The minimum atomic E-state index is 0.370. The summed E-state index contributed by atoms with van der Waals surface area (Å²) in [5.74, 6) is 1.82. The highest BCUT2D eigenvalue weighted by Crippen LogP contribution is 2.29. The third-order valence-electron chi connectivity index (χ3n) is 3.79. The van der Waals surface area contributed by atoms with Crippen LogP contribution in [0.4, 0.5) is 0 Å². The van der Waals surface area contributed by atoms with Crippen molar-refractivity contribution in [2.75, 3.05) is 13.2 Å². The molecule has 2 unspecified atom stereocenters. The number of hydrogen-bond donors (Lipinski definition) is 1. The maximum atomic E-state index is 5.56. The molecule has 2 heteroatoms. The summed E-state index contributed by atoms with van der Waals surface area (Å²) in [4.78, 5) is 0. The molecule has 1 N–H and O–H groups in total. The third-order valence-corrected chi connectivity index (χ3v) is 3.79. The van der Waals surface area contributed by atoms with E-state index in [4.69, 9.17) is 4.74 Å². The van der Waals surface area contributed by atoms with Gasteiger partial charge in [0.15, 0.2) is 0 Å². The Morgan fingerprint density at radius 1 is 1.17 bits per heavy atom. The minimum Gasteiger partial charge on any atom is -0.379 e. The van der Waals surface area contributed by atoms with Crippen LogP contribution in [-0.2, 0) is 4.74 Å². The van der Waals surface area contributed by atoms with Gasteiger partial charge in [-0.3, -0.25) is 0 Å². The first kappa shape index (κ1) is 16.0. The summed E-state index contributed by atoms with van der Waals surface area (Å²) in [5, 5.41) is 3.72. The van der Waals surface area contributed by atoms with E-state index in [1.165, 1.54) is 32.1 Å². The monoisotopic (exact) mass is 255 g/mol. The van der Waals surface area contributed by atoms with E-state index >= 15 is 0 Å². The molecule has 1 rings (SSSR count). The summed E-state index contributed by atoms with van der Waals surface area (Å²) < 4.78 is 5.56. The Kier molecular flexibility index (Phi) is 7.92. The fourth-order valence-corrected chi connectivity index (χ4v) is 3.05. The molecule has 0 spiro atoms. The molecule has 0 heterocycles. The summed E-state index contributed by atoms with van der Waals surface area (Å²) >= 11 is 0. The van der Waals surface area contributed by atoms with Gasteiger partial charge in [-0.15, -0.1) is 0 Å². The first-order valence-electron chi connectivity index (χ1n) is 7.93. The second kappa shape index (κ2) is 8.92. The predicted octanol–water partition coefficient (Wildman–Crippen LogP) is 4.00. The molecule has 0 aliphatic heterocycles. The Bertz CT molecular complexity index is 203. The minimum absolute atomic E-state index is 0.370. The molecule has 1 saturated carbocycles. The van der Waals surface area contributed by atoms with Gasteiger partial charge in [-0.25, -0.2) is 0 Å². The van der Waals surface area contributed by atoms with Crippen molar-refractivity contribution in [3.8, 4) is 0 Å². The topological polar surface area (TPSA) is 21.3 Å². The van der Waals surface area contributed by atoms with Gasteiger partial charge in [-0.2, -0.15) is 0 Å². The second-order valence-electron chi connectivity index (χ2n) is 6.59. The van der Waals surface area contributed by atoms with Crippen molar-refractivity contribution in [1.82, 2.24) is 5.32 Å². The third kappa shape index (κ3) is 7.38. The van der Waals surface area contributed by atoms with E-state index in [1.54, 1.807) is 0 Å². The predicted molar refractivity (Wildman–Crippen MR) is 78.9 cm³/mol. The molecule has 0 aromatic heterocycles. The van der Waals surface area contributed by atoms with Crippen LogP contribution in [0.5, 0.6) is 0 Å². The molecule has 0 radical (unpaired) electrons. The van der Waals surface area contributed by atoms with Gasteiger partial charge in [0.05, 0.1) is 6.10 Å². The van der Waals surface area contributed by atoms with E-state index in [9.17, 15) is 0 Å². The van der Waals surface area contributed by atoms with Gasteiger partial charge < -0.3 is 10.1 Å². The molecule has 1 aliphatic rings. The molecule has 0 amide bonds. The fraction of sp³-hybridized carbons (Fsp3) is 1.00. The van der Waals surface area contributed by atoms with Crippen LogP contribution in [0, 0.1) is 11.8 Å². The molecule has 0 bridgehead atoms. The standard InChI is InChI=1S/C16H33NO/c1-13(2)11-15-7-5-8-16(12-15)17-9-6-10-18-14(3)4/h13-17H,5-12H2,1-4H3. The highest BCUT2D eigenvalue weighted by atomic mass is 16.5. The van der Waals surface area contributed by atoms with Crippen LogP contribution in [0.15, 0.2) is 0 Å². The highest BCUT2D eigenvalue weighted by Gasteiger charge is 2.21. The van der Waals surface area contributed by atoms with Crippen molar-refractivity contribution < 1.29 is 4.74 Å². The number of nitrogens with one attached hydrogen (secondary N) is 1. The molecular weight excluding hydrogens is 222 g/mol. The Morgan fingerprint density at radius 3 is 2.61 bits per heavy atom. The Labute approximate surface area is 114 Å². The number of ether oxygens (including phenoxy) is 1. The Hall–Kier alpha value is -0.0800. The van der Waals surface area contributed by atoms with E-state index in [-0.39, 0.29) is 0 Å². The van der Waals surface area contributed by atoms with E-state index in [1.807, 2.05) is 0 Å². The van der Waals surface area contributed by atoms with Gasteiger partial charge in [0.2, 0.25) is 0 Å². The lowest BCUT2D eigenvalue weighted by atomic mass is 9.81. The summed E-state index contributed by atoms with van der Waals surface area (Å²) in [5.41, 5.74) is 0. The summed E-state index contributed by atoms with van der Waals surface area (Å²) in [6, 6.07) is 0.765. The number of hydrogen-bond acceptors (Lipinski definition) is 2. The fourth-order valence-electron chi connectivity index (χ4n) is 3.05. The largest absolute Gasteiger partial charge is 0.379 e.